The third kappa shape index (κ3) is 2.84. The first-order valence-electron chi connectivity index (χ1n) is 6.47. The van der Waals surface area contributed by atoms with Crippen LogP contribution in [-0.4, -0.2) is 28.0 Å². The minimum atomic E-state index is -0.373. The van der Waals surface area contributed by atoms with E-state index in [-0.39, 0.29) is 5.97 Å². The lowest BCUT2D eigenvalue weighted by Crippen LogP contribution is -2.03. The Morgan fingerprint density at radius 3 is 2.81 bits per heavy atom. The maximum absolute atomic E-state index is 11.4. The lowest BCUT2D eigenvalue weighted by Gasteiger charge is -2.06. The van der Waals surface area contributed by atoms with Gasteiger partial charge in [0.05, 0.1) is 24.7 Å². The van der Waals surface area contributed by atoms with E-state index in [1.165, 1.54) is 7.11 Å². The van der Waals surface area contributed by atoms with Gasteiger partial charge < -0.3 is 15.0 Å². The predicted octanol–water partition coefficient (Wildman–Crippen LogP) is 2.36. The zero-order valence-electron chi connectivity index (χ0n) is 11.5. The summed E-state index contributed by atoms with van der Waals surface area (Å²) in [6.07, 6.45) is 3.34. The van der Waals surface area contributed by atoms with Gasteiger partial charge in [0.25, 0.3) is 0 Å². The zero-order chi connectivity index (χ0) is 14.7. The monoisotopic (exact) mass is 282 g/mol. The summed E-state index contributed by atoms with van der Waals surface area (Å²) in [5.41, 5.74) is 3.98. The summed E-state index contributed by atoms with van der Waals surface area (Å²) in [5.74, 6) is -0.373. The van der Waals surface area contributed by atoms with Crippen LogP contribution in [0.25, 0.3) is 11.0 Å². The summed E-state index contributed by atoms with van der Waals surface area (Å²) in [4.78, 5) is 22.9. The highest BCUT2D eigenvalue weighted by molar-refractivity contribution is 5.87. The largest absolute Gasteiger partial charge is 0.464 e. The van der Waals surface area contributed by atoms with Crippen LogP contribution >= 0.6 is 0 Å². The molecule has 2 N–H and O–H groups in total. The van der Waals surface area contributed by atoms with Crippen LogP contribution in [0.15, 0.2) is 42.7 Å². The number of methoxy groups -OCH3 is 1. The smallest absolute Gasteiger partial charge is 0.354 e. The average molecular weight is 282 g/mol. The van der Waals surface area contributed by atoms with E-state index in [0.29, 0.717) is 12.2 Å². The highest BCUT2D eigenvalue weighted by Gasteiger charge is 2.07. The minimum absolute atomic E-state index is 0.373. The molecule has 0 aliphatic carbocycles. The molecule has 0 atom stereocenters. The normalized spacial score (nSPS) is 10.5. The Hall–Kier alpha value is -2.89. The Morgan fingerprint density at radius 1 is 1.19 bits per heavy atom. The van der Waals surface area contributed by atoms with Gasteiger partial charge in [0, 0.05) is 23.8 Å². The average Bonchev–Trinajstić information content (AvgIpc) is 3.01. The molecule has 0 saturated heterocycles. The van der Waals surface area contributed by atoms with E-state index in [9.17, 15) is 4.79 Å². The summed E-state index contributed by atoms with van der Waals surface area (Å²) >= 11 is 0. The van der Waals surface area contributed by atoms with Gasteiger partial charge in [0.2, 0.25) is 0 Å². The van der Waals surface area contributed by atoms with E-state index < -0.39 is 0 Å². The second kappa shape index (κ2) is 5.62. The summed E-state index contributed by atoms with van der Waals surface area (Å²) in [6, 6.07) is 9.35. The number of nitrogens with zero attached hydrogens (tertiary/aromatic N) is 2. The number of hydrogen-bond donors (Lipinski definition) is 2. The van der Waals surface area contributed by atoms with Gasteiger partial charge in [-0.2, -0.15) is 0 Å². The number of ether oxygens (including phenoxy) is 1. The highest BCUT2D eigenvalue weighted by atomic mass is 16.5. The van der Waals surface area contributed by atoms with Gasteiger partial charge in [0.15, 0.2) is 0 Å². The molecule has 3 rings (SSSR count). The van der Waals surface area contributed by atoms with Crippen LogP contribution in [-0.2, 0) is 11.3 Å². The number of nitrogens with one attached hydrogen (secondary N) is 2. The maximum Gasteiger partial charge on any atom is 0.354 e. The van der Waals surface area contributed by atoms with Crippen molar-refractivity contribution in [1.29, 1.82) is 0 Å². The Balaban J connectivity index is 1.71. The molecular weight excluding hydrogens is 268 g/mol. The summed E-state index contributed by atoms with van der Waals surface area (Å²) in [5, 5.41) is 3.27. The molecule has 6 heteroatoms. The molecule has 0 saturated carbocycles. The quantitative estimate of drug-likeness (QED) is 0.718. The number of aromatic nitrogens is 3. The molecule has 0 spiro atoms. The number of carbonyl (C=O) groups is 1. The molecule has 2 heterocycles. The van der Waals surface area contributed by atoms with Crippen LogP contribution in [0, 0.1) is 0 Å². The number of carbonyl (C=O) groups excluding carboxylic acids is 1. The summed E-state index contributed by atoms with van der Waals surface area (Å²) < 4.78 is 4.65. The lowest BCUT2D eigenvalue weighted by molar-refractivity contribution is 0.0594. The Bertz CT molecular complexity index is 782. The van der Waals surface area contributed by atoms with Crippen molar-refractivity contribution in [2.75, 3.05) is 12.4 Å². The zero-order valence-corrected chi connectivity index (χ0v) is 11.5. The van der Waals surface area contributed by atoms with E-state index >= 15 is 0 Å². The van der Waals surface area contributed by atoms with Crippen molar-refractivity contribution in [3.8, 4) is 0 Å². The van der Waals surface area contributed by atoms with Crippen LogP contribution < -0.4 is 5.32 Å². The number of aromatic amines is 1. The molecular formula is C15H14N4O2. The van der Waals surface area contributed by atoms with Gasteiger partial charge in [-0.3, -0.25) is 9.97 Å². The Labute approximate surface area is 121 Å². The first kappa shape index (κ1) is 13.1. The van der Waals surface area contributed by atoms with Crippen molar-refractivity contribution in [2.45, 2.75) is 6.54 Å². The third-order valence-electron chi connectivity index (χ3n) is 3.10. The van der Waals surface area contributed by atoms with Crippen molar-refractivity contribution in [3.63, 3.8) is 0 Å². The van der Waals surface area contributed by atoms with Gasteiger partial charge in [-0.25, -0.2) is 4.79 Å². The molecule has 6 nitrogen and oxygen atoms in total. The summed E-state index contributed by atoms with van der Waals surface area (Å²) in [6.45, 7) is 0.572. The minimum Gasteiger partial charge on any atom is -0.464 e. The predicted molar refractivity (Wildman–Crippen MR) is 79.0 cm³/mol. The van der Waals surface area contributed by atoms with Crippen LogP contribution in [0.4, 0.5) is 5.69 Å². The molecule has 0 fully saturated rings. The van der Waals surface area contributed by atoms with Crippen LogP contribution in [0.5, 0.6) is 0 Å². The van der Waals surface area contributed by atoms with Crippen LogP contribution in [0.2, 0.25) is 0 Å². The number of hydrogen-bond acceptors (Lipinski definition) is 5. The van der Waals surface area contributed by atoms with Gasteiger partial charge in [-0.1, -0.05) is 0 Å². The molecule has 0 unspecified atom stereocenters. The molecule has 0 radical (unpaired) electrons. The second-order valence-corrected chi connectivity index (χ2v) is 4.50. The van der Waals surface area contributed by atoms with Gasteiger partial charge in [0.1, 0.15) is 5.69 Å². The van der Waals surface area contributed by atoms with E-state index in [4.69, 9.17) is 0 Å². The van der Waals surface area contributed by atoms with Gasteiger partial charge >= 0.3 is 5.97 Å². The highest BCUT2D eigenvalue weighted by Crippen LogP contribution is 2.16. The van der Waals surface area contributed by atoms with Crippen molar-refractivity contribution in [1.82, 2.24) is 15.0 Å². The van der Waals surface area contributed by atoms with Crippen molar-refractivity contribution < 1.29 is 9.53 Å². The maximum atomic E-state index is 11.4. The van der Waals surface area contributed by atoms with Crippen LogP contribution in [0.1, 0.15) is 16.2 Å². The number of H-pyrrole nitrogens is 1. The SMILES string of the molecule is COC(=O)c1ccc(CNc2ccc3nccnc3c2)[nH]1. The molecule has 0 aliphatic heterocycles. The second-order valence-electron chi connectivity index (χ2n) is 4.50. The van der Waals surface area contributed by atoms with E-state index in [1.807, 2.05) is 24.3 Å². The molecule has 21 heavy (non-hydrogen) atoms. The first-order valence-corrected chi connectivity index (χ1v) is 6.47. The number of fused-ring (bicyclic) bond motifs is 1. The van der Waals surface area contributed by atoms with Crippen molar-refractivity contribution in [3.05, 3.63) is 54.1 Å². The number of rotatable bonds is 4. The molecule has 0 bridgehead atoms. The van der Waals surface area contributed by atoms with Crippen molar-refractivity contribution >= 4 is 22.7 Å². The van der Waals surface area contributed by atoms with Gasteiger partial charge in [-0.05, 0) is 30.3 Å². The molecule has 3 aromatic rings. The Morgan fingerprint density at radius 2 is 2.00 bits per heavy atom. The lowest BCUT2D eigenvalue weighted by atomic mass is 10.2. The fourth-order valence-corrected chi connectivity index (χ4v) is 2.04. The standard InChI is InChI=1S/C15H14N4O2/c1-21-15(20)13-5-3-11(19-13)9-18-10-2-4-12-14(8-10)17-7-6-16-12/h2-8,18-19H,9H2,1H3. The summed E-state index contributed by atoms with van der Waals surface area (Å²) in [7, 11) is 1.36. The number of anilines is 1. The molecule has 2 aromatic heterocycles. The first-order chi connectivity index (χ1) is 10.3. The molecule has 0 aliphatic rings. The third-order valence-corrected chi connectivity index (χ3v) is 3.10. The van der Waals surface area contributed by atoms with Gasteiger partial charge in [-0.15, -0.1) is 0 Å². The van der Waals surface area contributed by atoms with E-state index in [0.717, 1.165) is 22.4 Å². The van der Waals surface area contributed by atoms with Crippen LogP contribution in [0.3, 0.4) is 0 Å². The molecule has 0 amide bonds. The topological polar surface area (TPSA) is 79.9 Å². The number of esters is 1. The molecule has 106 valence electrons. The van der Waals surface area contributed by atoms with E-state index in [2.05, 4.69) is 25.0 Å². The molecule has 1 aromatic carbocycles. The Kier molecular flexibility index (Phi) is 3.51. The number of benzene rings is 1. The fraction of sp³-hybridized carbons (Fsp3) is 0.133. The van der Waals surface area contributed by atoms with E-state index in [1.54, 1.807) is 18.5 Å². The van der Waals surface area contributed by atoms with Crippen molar-refractivity contribution in [2.24, 2.45) is 0 Å². The fourth-order valence-electron chi connectivity index (χ4n) is 2.04.